The van der Waals surface area contributed by atoms with Gasteiger partial charge in [0.05, 0.1) is 14.2 Å². The van der Waals surface area contributed by atoms with Gasteiger partial charge in [-0.1, -0.05) is 0 Å². The van der Waals surface area contributed by atoms with Crippen molar-refractivity contribution in [1.82, 2.24) is 0 Å². The lowest BCUT2D eigenvalue weighted by Crippen LogP contribution is -2.10. The molecule has 1 aliphatic heterocycles. The molecule has 0 amide bonds. The zero-order chi connectivity index (χ0) is 16.6. The molecule has 0 saturated carbocycles. The molecule has 0 spiro atoms. The Morgan fingerprint density at radius 2 is 1.87 bits per heavy atom. The van der Waals surface area contributed by atoms with Gasteiger partial charge in [-0.15, -0.1) is 0 Å². The lowest BCUT2D eigenvalue weighted by Gasteiger charge is -2.15. The van der Waals surface area contributed by atoms with Gasteiger partial charge in [-0.25, -0.2) is 13.6 Å². The fourth-order valence-electron chi connectivity index (χ4n) is 2.45. The van der Waals surface area contributed by atoms with E-state index in [1.165, 1.54) is 20.3 Å². The molecule has 0 bridgehead atoms. The second kappa shape index (κ2) is 5.75. The molecule has 5 nitrogen and oxygen atoms in total. The summed E-state index contributed by atoms with van der Waals surface area (Å²) in [6.07, 6.45) is -0.831. The number of carbonyl (C=O) groups is 1. The number of benzene rings is 2. The van der Waals surface area contributed by atoms with E-state index < -0.39 is 23.8 Å². The third-order valence-corrected chi connectivity index (χ3v) is 3.51. The first-order chi connectivity index (χ1) is 11.0. The number of rotatable bonds is 4. The van der Waals surface area contributed by atoms with Gasteiger partial charge in [0.25, 0.3) is 0 Å². The number of ether oxygens (including phenoxy) is 3. The first-order valence-corrected chi connectivity index (χ1v) is 6.72. The van der Waals surface area contributed by atoms with Crippen molar-refractivity contribution < 1.29 is 27.8 Å². The number of fused-ring (bicyclic) bond motifs is 1. The lowest BCUT2D eigenvalue weighted by molar-refractivity contribution is 0.0435. The van der Waals surface area contributed by atoms with E-state index in [1.54, 1.807) is 12.1 Å². The molecule has 0 saturated heterocycles. The molecule has 1 heterocycles. The maximum atomic E-state index is 13.3. The maximum absolute atomic E-state index is 13.3. The summed E-state index contributed by atoms with van der Waals surface area (Å²) in [5, 5.41) is 2.84. The van der Waals surface area contributed by atoms with E-state index >= 15 is 0 Å². The van der Waals surface area contributed by atoms with Crippen LogP contribution in [0.15, 0.2) is 30.3 Å². The van der Waals surface area contributed by atoms with Crippen LogP contribution >= 0.6 is 0 Å². The molecule has 120 valence electrons. The average molecular weight is 321 g/mol. The minimum absolute atomic E-state index is 0.243. The Morgan fingerprint density at radius 1 is 1.09 bits per heavy atom. The van der Waals surface area contributed by atoms with Crippen LogP contribution in [-0.4, -0.2) is 20.2 Å². The van der Waals surface area contributed by atoms with Crippen LogP contribution in [0.1, 0.15) is 22.1 Å². The Kier molecular flexibility index (Phi) is 3.77. The number of hydrogen-bond acceptors (Lipinski definition) is 5. The summed E-state index contributed by atoms with van der Waals surface area (Å²) in [6, 6.07) is 6.62. The molecule has 0 fully saturated rings. The quantitative estimate of drug-likeness (QED) is 0.876. The number of anilines is 1. The fraction of sp³-hybridized carbons (Fsp3) is 0.188. The third kappa shape index (κ3) is 2.54. The minimum atomic E-state index is -0.994. The summed E-state index contributed by atoms with van der Waals surface area (Å²) < 4.78 is 41.9. The predicted octanol–water partition coefficient (Wildman–Crippen LogP) is 3.26. The van der Waals surface area contributed by atoms with Crippen molar-refractivity contribution in [2.45, 2.75) is 6.23 Å². The van der Waals surface area contributed by atoms with Crippen molar-refractivity contribution in [2.75, 3.05) is 19.5 Å². The van der Waals surface area contributed by atoms with E-state index in [9.17, 15) is 13.6 Å². The molecule has 0 aliphatic carbocycles. The van der Waals surface area contributed by atoms with Gasteiger partial charge in [-0.2, -0.15) is 0 Å². The van der Waals surface area contributed by atoms with E-state index in [2.05, 4.69) is 5.32 Å². The zero-order valence-electron chi connectivity index (χ0n) is 12.4. The van der Waals surface area contributed by atoms with Crippen molar-refractivity contribution in [3.8, 4) is 11.5 Å². The normalized spacial score (nSPS) is 15.8. The molecule has 7 heteroatoms. The van der Waals surface area contributed by atoms with Gasteiger partial charge in [0.2, 0.25) is 6.23 Å². The number of halogens is 2. The second-order valence-electron chi connectivity index (χ2n) is 4.82. The number of cyclic esters (lactones) is 1. The van der Waals surface area contributed by atoms with Gasteiger partial charge in [0.15, 0.2) is 23.1 Å². The van der Waals surface area contributed by atoms with Crippen molar-refractivity contribution in [2.24, 2.45) is 0 Å². The summed E-state index contributed by atoms with van der Waals surface area (Å²) in [6.45, 7) is 0. The van der Waals surface area contributed by atoms with Crippen molar-refractivity contribution in [3.05, 3.63) is 53.1 Å². The van der Waals surface area contributed by atoms with E-state index in [1.807, 2.05) is 0 Å². The Labute approximate surface area is 130 Å². The molecular formula is C16H13F2NO4. The molecule has 1 aliphatic rings. The largest absolute Gasteiger partial charge is 0.493 e. The molecule has 2 aromatic rings. The molecule has 2 aromatic carbocycles. The number of esters is 1. The van der Waals surface area contributed by atoms with Gasteiger partial charge in [-0.3, -0.25) is 0 Å². The van der Waals surface area contributed by atoms with Gasteiger partial charge in [0.1, 0.15) is 5.56 Å². The molecule has 1 atom stereocenters. The highest BCUT2D eigenvalue weighted by Gasteiger charge is 2.35. The van der Waals surface area contributed by atoms with Crippen LogP contribution in [-0.2, 0) is 4.74 Å². The van der Waals surface area contributed by atoms with Gasteiger partial charge >= 0.3 is 5.97 Å². The smallest absolute Gasteiger partial charge is 0.344 e. The van der Waals surface area contributed by atoms with E-state index in [-0.39, 0.29) is 17.0 Å². The fourth-order valence-corrected chi connectivity index (χ4v) is 2.45. The van der Waals surface area contributed by atoms with Gasteiger partial charge in [0, 0.05) is 17.3 Å². The highest BCUT2D eigenvalue weighted by molar-refractivity contribution is 5.98. The topological polar surface area (TPSA) is 56.8 Å². The Morgan fingerprint density at radius 3 is 2.52 bits per heavy atom. The Balaban J connectivity index is 1.97. The van der Waals surface area contributed by atoms with Crippen LogP contribution in [0.5, 0.6) is 11.5 Å². The monoisotopic (exact) mass is 321 g/mol. The highest BCUT2D eigenvalue weighted by Crippen LogP contribution is 2.42. The molecular weight excluding hydrogens is 308 g/mol. The van der Waals surface area contributed by atoms with Crippen molar-refractivity contribution >= 4 is 11.7 Å². The summed E-state index contributed by atoms with van der Waals surface area (Å²) >= 11 is 0. The van der Waals surface area contributed by atoms with Crippen LogP contribution in [0.25, 0.3) is 0 Å². The summed E-state index contributed by atoms with van der Waals surface area (Å²) in [4.78, 5) is 12.1. The predicted molar refractivity (Wildman–Crippen MR) is 77.7 cm³/mol. The number of methoxy groups -OCH3 is 2. The van der Waals surface area contributed by atoms with E-state index in [0.717, 1.165) is 12.1 Å². The van der Waals surface area contributed by atoms with E-state index in [0.29, 0.717) is 11.3 Å². The van der Waals surface area contributed by atoms with Crippen molar-refractivity contribution in [1.29, 1.82) is 0 Å². The second-order valence-corrected chi connectivity index (χ2v) is 4.82. The molecule has 0 aromatic heterocycles. The lowest BCUT2D eigenvalue weighted by atomic mass is 10.1. The standard InChI is InChI=1S/C16H13F2NO4/c1-21-12-6-4-9-13(14(12)22-2)16(20)23-15(9)19-8-3-5-10(17)11(18)7-8/h3-7,15,19H,1-2H3/t15-/m0/s1. The Hall–Kier alpha value is -2.83. The molecule has 3 rings (SSSR count). The molecule has 1 N–H and O–H groups in total. The molecule has 0 radical (unpaired) electrons. The maximum Gasteiger partial charge on any atom is 0.344 e. The Bertz CT molecular complexity index is 779. The summed E-state index contributed by atoms with van der Waals surface area (Å²) in [7, 11) is 2.88. The summed E-state index contributed by atoms with van der Waals surface area (Å²) in [5.74, 6) is -1.87. The summed E-state index contributed by atoms with van der Waals surface area (Å²) in [5.41, 5.74) is 1.05. The van der Waals surface area contributed by atoms with Crippen LogP contribution < -0.4 is 14.8 Å². The number of nitrogens with one attached hydrogen (secondary N) is 1. The minimum Gasteiger partial charge on any atom is -0.493 e. The SMILES string of the molecule is COc1ccc2c(c1OC)C(=O)O[C@@H]2Nc1ccc(F)c(F)c1. The van der Waals surface area contributed by atoms with Crippen LogP contribution in [0.3, 0.4) is 0 Å². The molecule has 23 heavy (non-hydrogen) atoms. The van der Waals surface area contributed by atoms with Gasteiger partial charge in [-0.05, 0) is 24.3 Å². The first-order valence-electron chi connectivity index (χ1n) is 6.72. The highest BCUT2D eigenvalue weighted by atomic mass is 19.2. The van der Waals surface area contributed by atoms with E-state index in [4.69, 9.17) is 14.2 Å². The zero-order valence-corrected chi connectivity index (χ0v) is 12.4. The number of carbonyl (C=O) groups excluding carboxylic acids is 1. The van der Waals surface area contributed by atoms with Crippen LogP contribution in [0, 0.1) is 11.6 Å². The number of hydrogen-bond donors (Lipinski definition) is 1. The van der Waals surface area contributed by atoms with Gasteiger partial charge < -0.3 is 19.5 Å². The van der Waals surface area contributed by atoms with Crippen molar-refractivity contribution in [3.63, 3.8) is 0 Å². The average Bonchev–Trinajstić information content (AvgIpc) is 2.86. The van der Waals surface area contributed by atoms with Crippen LogP contribution in [0.2, 0.25) is 0 Å². The van der Waals surface area contributed by atoms with Crippen LogP contribution in [0.4, 0.5) is 14.5 Å². The third-order valence-electron chi connectivity index (χ3n) is 3.51. The molecule has 0 unspecified atom stereocenters. The first kappa shape index (κ1) is 15.1.